The fourth-order valence-electron chi connectivity index (χ4n) is 1.33. The molecule has 0 aromatic carbocycles. The van der Waals surface area contributed by atoms with Crippen molar-refractivity contribution in [1.82, 2.24) is 4.98 Å². The van der Waals surface area contributed by atoms with Crippen LogP contribution in [0.5, 0.6) is 0 Å². The van der Waals surface area contributed by atoms with Crippen LogP contribution in [0.1, 0.15) is 24.4 Å². The summed E-state index contributed by atoms with van der Waals surface area (Å²) in [6.45, 7) is 5.09. The van der Waals surface area contributed by atoms with E-state index in [-0.39, 0.29) is 11.8 Å². The van der Waals surface area contributed by atoms with Gasteiger partial charge in [-0.25, -0.2) is 4.98 Å². The van der Waals surface area contributed by atoms with E-state index in [0.29, 0.717) is 11.7 Å². The zero-order valence-corrected chi connectivity index (χ0v) is 9.69. The minimum atomic E-state index is -0.0119. The molecule has 0 atom stereocenters. The van der Waals surface area contributed by atoms with Crippen molar-refractivity contribution in [3.05, 3.63) is 10.6 Å². The Morgan fingerprint density at radius 2 is 2.40 bits per heavy atom. The van der Waals surface area contributed by atoms with E-state index in [1.807, 2.05) is 13.8 Å². The average molecular weight is 226 g/mol. The highest BCUT2D eigenvalue weighted by atomic mass is 32.1. The summed E-state index contributed by atoms with van der Waals surface area (Å²) >= 11 is 1.51. The predicted molar refractivity (Wildman–Crippen MR) is 58.9 cm³/mol. The van der Waals surface area contributed by atoms with E-state index in [4.69, 9.17) is 4.74 Å². The van der Waals surface area contributed by atoms with Crippen LogP contribution in [-0.4, -0.2) is 17.5 Å². The van der Waals surface area contributed by atoms with Crippen LogP contribution in [0.3, 0.4) is 0 Å². The Labute approximate surface area is 92.7 Å². The lowest BCUT2D eigenvalue weighted by Gasteiger charge is -2.08. The summed E-state index contributed by atoms with van der Waals surface area (Å²) in [5, 5.41) is 3.51. The molecular weight excluding hydrogens is 212 g/mol. The number of aromatic nitrogens is 1. The molecule has 0 bridgehead atoms. The summed E-state index contributed by atoms with van der Waals surface area (Å²) in [6, 6.07) is 0. The van der Waals surface area contributed by atoms with Crippen LogP contribution in [0.25, 0.3) is 0 Å². The standard InChI is InChI=1S/C10H14N2O2S/c1-6(2)9(13)12-10-11-7-3-4-14-5-8(7)15-10/h6H,3-5H2,1-2H3,(H,11,12,13). The molecule has 1 aromatic rings. The number of hydrogen-bond acceptors (Lipinski definition) is 4. The van der Waals surface area contributed by atoms with E-state index < -0.39 is 0 Å². The van der Waals surface area contributed by atoms with E-state index >= 15 is 0 Å². The fraction of sp³-hybridized carbons (Fsp3) is 0.600. The first-order chi connectivity index (χ1) is 7.16. The molecule has 4 nitrogen and oxygen atoms in total. The van der Waals surface area contributed by atoms with Crippen molar-refractivity contribution in [1.29, 1.82) is 0 Å². The molecule has 0 saturated carbocycles. The third-order valence-corrected chi connectivity index (χ3v) is 3.24. The van der Waals surface area contributed by atoms with Gasteiger partial charge in [0.1, 0.15) is 0 Å². The smallest absolute Gasteiger partial charge is 0.228 e. The molecule has 1 amide bonds. The predicted octanol–water partition coefficient (Wildman–Crippen LogP) is 1.81. The SMILES string of the molecule is CC(C)C(=O)Nc1nc2c(s1)COCC2. The second-order valence-corrected chi connectivity index (χ2v) is 4.92. The zero-order valence-electron chi connectivity index (χ0n) is 8.87. The van der Waals surface area contributed by atoms with Crippen LogP contribution in [0, 0.1) is 5.92 Å². The van der Waals surface area contributed by atoms with Crippen molar-refractivity contribution in [3.63, 3.8) is 0 Å². The maximum atomic E-state index is 11.4. The maximum absolute atomic E-state index is 11.4. The van der Waals surface area contributed by atoms with Crippen LogP contribution in [-0.2, 0) is 22.6 Å². The molecule has 2 rings (SSSR count). The Morgan fingerprint density at radius 3 is 3.07 bits per heavy atom. The van der Waals surface area contributed by atoms with Crippen molar-refractivity contribution in [3.8, 4) is 0 Å². The third kappa shape index (κ3) is 2.35. The monoisotopic (exact) mass is 226 g/mol. The molecule has 5 heteroatoms. The highest BCUT2D eigenvalue weighted by molar-refractivity contribution is 7.15. The normalized spacial score (nSPS) is 15.1. The van der Waals surface area contributed by atoms with Gasteiger partial charge in [0, 0.05) is 12.3 Å². The number of hydrogen-bond donors (Lipinski definition) is 1. The van der Waals surface area contributed by atoms with Crippen LogP contribution in [0.15, 0.2) is 0 Å². The van der Waals surface area contributed by atoms with Gasteiger partial charge in [0.05, 0.1) is 23.8 Å². The van der Waals surface area contributed by atoms with E-state index in [1.165, 1.54) is 11.3 Å². The molecule has 82 valence electrons. The molecule has 2 heterocycles. The molecule has 15 heavy (non-hydrogen) atoms. The Hall–Kier alpha value is -0.940. The lowest BCUT2D eigenvalue weighted by atomic mass is 10.2. The Balaban J connectivity index is 2.09. The lowest BCUT2D eigenvalue weighted by molar-refractivity contribution is -0.118. The first kappa shape index (κ1) is 10.6. The number of thiazole rings is 1. The van der Waals surface area contributed by atoms with Crippen LogP contribution in [0.2, 0.25) is 0 Å². The highest BCUT2D eigenvalue weighted by Crippen LogP contribution is 2.27. The van der Waals surface area contributed by atoms with Crippen molar-refractivity contribution >= 4 is 22.4 Å². The Morgan fingerprint density at radius 1 is 1.60 bits per heavy atom. The van der Waals surface area contributed by atoms with E-state index in [1.54, 1.807) is 0 Å². The minimum Gasteiger partial charge on any atom is -0.375 e. The Kier molecular flexibility index (Phi) is 3.02. The molecule has 1 aliphatic rings. The minimum absolute atomic E-state index is 0.0119. The van der Waals surface area contributed by atoms with Crippen LogP contribution in [0.4, 0.5) is 5.13 Å². The number of amides is 1. The molecule has 1 aliphatic heterocycles. The topological polar surface area (TPSA) is 51.2 Å². The van der Waals surface area contributed by atoms with Gasteiger partial charge >= 0.3 is 0 Å². The van der Waals surface area contributed by atoms with Gasteiger partial charge in [-0.2, -0.15) is 0 Å². The van der Waals surface area contributed by atoms with E-state index in [0.717, 1.165) is 23.6 Å². The summed E-state index contributed by atoms with van der Waals surface area (Å²) in [5.74, 6) is 0.00388. The van der Waals surface area contributed by atoms with Gasteiger partial charge < -0.3 is 10.1 Å². The molecule has 1 aromatic heterocycles. The van der Waals surface area contributed by atoms with Crippen molar-refractivity contribution in [2.45, 2.75) is 26.9 Å². The van der Waals surface area contributed by atoms with Gasteiger partial charge in [-0.3, -0.25) is 4.79 Å². The van der Waals surface area contributed by atoms with E-state index in [9.17, 15) is 4.79 Å². The largest absolute Gasteiger partial charge is 0.375 e. The maximum Gasteiger partial charge on any atom is 0.228 e. The number of nitrogens with zero attached hydrogens (tertiary/aromatic N) is 1. The average Bonchev–Trinajstić information content (AvgIpc) is 2.59. The highest BCUT2D eigenvalue weighted by Gasteiger charge is 2.17. The van der Waals surface area contributed by atoms with Crippen molar-refractivity contribution in [2.75, 3.05) is 11.9 Å². The quantitative estimate of drug-likeness (QED) is 0.836. The number of carbonyl (C=O) groups is 1. The summed E-state index contributed by atoms with van der Waals surface area (Å²) < 4.78 is 5.32. The van der Waals surface area contributed by atoms with E-state index in [2.05, 4.69) is 10.3 Å². The van der Waals surface area contributed by atoms with Crippen LogP contribution >= 0.6 is 11.3 Å². The van der Waals surface area contributed by atoms with Crippen LogP contribution < -0.4 is 5.32 Å². The first-order valence-electron chi connectivity index (χ1n) is 5.04. The lowest BCUT2D eigenvalue weighted by Crippen LogP contribution is -2.17. The molecule has 0 saturated heterocycles. The van der Waals surface area contributed by atoms with Gasteiger partial charge in [-0.1, -0.05) is 25.2 Å². The molecule has 0 unspecified atom stereocenters. The number of fused-ring (bicyclic) bond motifs is 1. The number of nitrogens with one attached hydrogen (secondary N) is 1. The molecule has 0 fully saturated rings. The van der Waals surface area contributed by atoms with Crippen molar-refractivity contribution < 1.29 is 9.53 Å². The number of rotatable bonds is 2. The van der Waals surface area contributed by atoms with Gasteiger partial charge in [0.25, 0.3) is 0 Å². The second kappa shape index (κ2) is 4.28. The molecule has 0 aliphatic carbocycles. The Bertz CT molecular complexity index is 350. The third-order valence-electron chi connectivity index (χ3n) is 2.25. The number of ether oxygens (including phenoxy) is 1. The summed E-state index contributed by atoms with van der Waals surface area (Å²) in [7, 11) is 0. The number of carbonyl (C=O) groups excluding carboxylic acids is 1. The summed E-state index contributed by atoms with van der Waals surface area (Å²) in [4.78, 5) is 17.0. The van der Waals surface area contributed by atoms with Gasteiger partial charge in [-0.05, 0) is 0 Å². The summed E-state index contributed by atoms with van der Waals surface area (Å²) in [5.41, 5.74) is 1.07. The fourth-order valence-corrected chi connectivity index (χ4v) is 2.28. The zero-order chi connectivity index (χ0) is 10.8. The molecule has 0 radical (unpaired) electrons. The van der Waals surface area contributed by atoms with Gasteiger partial charge in [0.15, 0.2) is 5.13 Å². The molecule has 0 spiro atoms. The van der Waals surface area contributed by atoms with Crippen molar-refractivity contribution in [2.24, 2.45) is 5.92 Å². The first-order valence-corrected chi connectivity index (χ1v) is 5.85. The van der Waals surface area contributed by atoms with Gasteiger partial charge in [-0.15, -0.1) is 0 Å². The molecular formula is C10H14N2O2S. The molecule has 1 N–H and O–H groups in total. The second-order valence-electron chi connectivity index (χ2n) is 3.84. The summed E-state index contributed by atoms with van der Waals surface area (Å²) in [6.07, 6.45) is 0.851. The number of anilines is 1. The van der Waals surface area contributed by atoms with Gasteiger partial charge in [0.2, 0.25) is 5.91 Å².